The zero-order valence-electron chi connectivity index (χ0n) is 15.1. The Kier molecular flexibility index (Phi) is 4.58. The second-order valence-electron chi connectivity index (χ2n) is 7.37. The van der Waals surface area contributed by atoms with Crippen molar-refractivity contribution in [3.05, 3.63) is 64.4 Å². The molecule has 142 valence electrons. The van der Waals surface area contributed by atoms with Crippen molar-refractivity contribution in [3.63, 3.8) is 0 Å². The fraction of sp³-hybridized carbons (Fsp3) is 0.381. The Balaban J connectivity index is 1.39. The van der Waals surface area contributed by atoms with Crippen molar-refractivity contribution in [1.82, 2.24) is 4.90 Å². The first kappa shape index (κ1) is 18.2. The summed E-state index contributed by atoms with van der Waals surface area (Å²) in [6.45, 7) is 4.53. The van der Waals surface area contributed by atoms with Crippen molar-refractivity contribution >= 4 is 23.2 Å². The molecule has 0 aromatic heterocycles. The third-order valence-electron chi connectivity index (χ3n) is 5.62. The van der Waals surface area contributed by atoms with Gasteiger partial charge in [-0.05, 0) is 42.3 Å². The number of halogens is 3. The van der Waals surface area contributed by atoms with Gasteiger partial charge in [0.1, 0.15) is 11.5 Å². The van der Waals surface area contributed by atoms with Gasteiger partial charge in [0.15, 0.2) is 0 Å². The van der Waals surface area contributed by atoms with E-state index in [1.807, 2.05) is 25.1 Å². The maximum absolute atomic E-state index is 15.1. The van der Waals surface area contributed by atoms with Crippen LogP contribution in [0.4, 0.5) is 14.5 Å². The Morgan fingerprint density at radius 2 is 1.78 bits per heavy atom. The van der Waals surface area contributed by atoms with E-state index in [-0.39, 0.29) is 12.3 Å². The van der Waals surface area contributed by atoms with Crippen LogP contribution in [0.1, 0.15) is 17.5 Å². The predicted octanol–water partition coefficient (Wildman–Crippen LogP) is 4.32. The highest BCUT2D eigenvalue weighted by atomic mass is 35.5. The van der Waals surface area contributed by atoms with Gasteiger partial charge in [0.2, 0.25) is 5.91 Å². The molecule has 4 rings (SSSR count). The van der Waals surface area contributed by atoms with Crippen LogP contribution in [0.3, 0.4) is 0 Å². The molecule has 1 heterocycles. The summed E-state index contributed by atoms with van der Waals surface area (Å²) in [6, 6.07) is 11.1. The zero-order valence-corrected chi connectivity index (χ0v) is 15.8. The Morgan fingerprint density at radius 1 is 1.11 bits per heavy atom. The number of hydrogen-bond donors (Lipinski definition) is 0. The maximum atomic E-state index is 15.1. The molecule has 2 aliphatic rings. The quantitative estimate of drug-likeness (QED) is 0.779. The molecule has 2 fully saturated rings. The fourth-order valence-electron chi connectivity index (χ4n) is 3.88. The highest BCUT2D eigenvalue weighted by molar-refractivity contribution is 6.30. The second kappa shape index (κ2) is 6.79. The van der Waals surface area contributed by atoms with Gasteiger partial charge in [-0.3, -0.25) is 4.79 Å². The smallest absolute Gasteiger partial charge is 0.229 e. The molecule has 3 nitrogen and oxygen atoms in total. The van der Waals surface area contributed by atoms with Crippen LogP contribution < -0.4 is 4.90 Å². The van der Waals surface area contributed by atoms with Crippen LogP contribution in [0.5, 0.6) is 0 Å². The molecule has 0 N–H and O–H groups in total. The summed E-state index contributed by atoms with van der Waals surface area (Å²) in [4.78, 5) is 16.7. The van der Waals surface area contributed by atoms with Gasteiger partial charge in [0.05, 0.1) is 5.92 Å². The van der Waals surface area contributed by atoms with Crippen molar-refractivity contribution in [2.75, 3.05) is 31.1 Å². The van der Waals surface area contributed by atoms with E-state index in [0.717, 1.165) is 11.3 Å². The normalized spacial score (nSPS) is 24.8. The molecule has 1 aliphatic heterocycles. The number of aryl methyl sites for hydroxylation is 1. The summed E-state index contributed by atoms with van der Waals surface area (Å²) >= 11 is 6.11. The molecule has 1 aliphatic carbocycles. The molecule has 0 spiro atoms. The monoisotopic (exact) mass is 390 g/mol. The molecule has 1 amide bonds. The van der Waals surface area contributed by atoms with Gasteiger partial charge in [-0.1, -0.05) is 29.8 Å². The van der Waals surface area contributed by atoms with E-state index in [1.165, 1.54) is 24.3 Å². The molecule has 0 radical (unpaired) electrons. The van der Waals surface area contributed by atoms with Crippen molar-refractivity contribution in [2.24, 2.45) is 5.92 Å². The lowest BCUT2D eigenvalue weighted by atomic mass is 10.1. The molecule has 2 aromatic carbocycles. The van der Waals surface area contributed by atoms with Crippen LogP contribution >= 0.6 is 11.6 Å². The number of hydrogen-bond acceptors (Lipinski definition) is 2. The Labute approximate surface area is 162 Å². The van der Waals surface area contributed by atoms with E-state index in [9.17, 15) is 9.18 Å². The topological polar surface area (TPSA) is 23.6 Å². The lowest BCUT2D eigenvalue weighted by Gasteiger charge is -2.37. The average Bonchev–Trinajstić information content (AvgIpc) is 3.36. The molecule has 27 heavy (non-hydrogen) atoms. The minimum atomic E-state index is -1.66. The molecular weight excluding hydrogens is 370 g/mol. The average molecular weight is 391 g/mol. The summed E-state index contributed by atoms with van der Waals surface area (Å²) in [5, 5.41) is 0.689. The number of carbonyl (C=O) groups excluding carboxylic acids is 1. The summed E-state index contributed by atoms with van der Waals surface area (Å²) in [5.74, 6) is -1.22. The number of carbonyl (C=O) groups is 1. The van der Waals surface area contributed by atoms with Gasteiger partial charge >= 0.3 is 0 Å². The van der Waals surface area contributed by atoms with Gasteiger partial charge in [-0.15, -0.1) is 0 Å². The first-order valence-electron chi connectivity index (χ1n) is 9.13. The SMILES string of the molecule is Cc1ccc(Cl)cc1N1CCN(C(=O)C2CC2(F)c2ccc(F)cc2)CC1. The van der Waals surface area contributed by atoms with Gasteiger partial charge in [0, 0.05) is 43.3 Å². The maximum Gasteiger partial charge on any atom is 0.229 e. The van der Waals surface area contributed by atoms with Crippen LogP contribution in [0, 0.1) is 18.7 Å². The van der Waals surface area contributed by atoms with E-state index in [4.69, 9.17) is 11.6 Å². The van der Waals surface area contributed by atoms with Gasteiger partial charge in [-0.2, -0.15) is 0 Å². The lowest BCUT2D eigenvalue weighted by molar-refractivity contribution is -0.134. The third kappa shape index (κ3) is 3.41. The van der Waals surface area contributed by atoms with E-state index in [1.54, 1.807) is 4.90 Å². The number of alkyl halides is 1. The van der Waals surface area contributed by atoms with Crippen molar-refractivity contribution < 1.29 is 13.6 Å². The highest BCUT2D eigenvalue weighted by Crippen LogP contribution is 2.56. The second-order valence-corrected chi connectivity index (χ2v) is 7.81. The Morgan fingerprint density at radius 3 is 2.44 bits per heavy atom. The molecule has 6 heteroatoms. The fourth-order valence-corrected chi connectivity index (χ4v) is 4.04. The van der Waals surface area contributed by atoms with Crippen LogP contribution in [0.25, 0.3) is 0 Å². The summed E-state index contributed by atoms with van der Waals surface area (Å²) in [5.41, 5.74) is 0.939. The van der Waals surface area contributed by atoms with Crippen LogP contribution in [0.15, 0.2) is 42.5 Å². The first-order valence-corrected chi connectivity index (χ1v) is 9.51. The van der Waals surface area contributed by atoms with E-state index in [0.29, 0.717) is 36.8 Å². The minimum absolute atomic E-state index is 0.149. The third-order valence-corrected chi connectivity index (χ3v) is 5.85. The van der Waals surface area contributed by atoms with E-state index < -0.39 is 17.4 Å². The lowest BCUT2D eigenvalue weighted by Crippen LogP contribution is -2.49. The minimum Gasteiger partial charge on any atom is -0.368 e. The molecule has 1 saturated heterocycles. The first-order chi connectivity index (χ1) is 12.9. The molecule has 2 unspecified atom stereocenters. The number of benzene rings is 2. The van der Waals surface area contributed by atoms with Crippen LogP contribution in [-0.4, -0.2) is 37.0 Å². The molecule has 1 saturated carbocycles. The largest absolute Gasteiger partial charge is 0.368 e. The number of anilines is 1. The zero-order chi connectivity index (χ0) is 19.2. The van der Waals surface area contributed by atoms with E-state index in [2.05, 4.69) is 4.90 Å². The van der Waals surface area contributed by atoms with Crippen molar-refractivity contribution in [2.45, 2.75) is 19.0 Å². The van der Waals surface area contributed by atoms with Gasteiger partial charge in [-0.25, -0.2) is 8.78 Å². The van der Waals surface area contributed by atoms with Crippen molar-refractivity contribution in [3.8, 4) is 0 Å². The molecule has 2 atom stereocenters. The van der Waals surface area contributed by atoms with Crippen LogP contribution in [-0.2, 0) is 10.5 Å². The number of piperazine rings is 1. The predicted molar refractivity (Wildman–Crippen MR) is 102 cm³/mol. The molecule has 2 aromatic rings. The van der Waals surface area contributed by atoms with Gasteiger partial charge < -0.3 is 9.80 Å². The number of nitrogens with zero attached hydrogens (tertiary/aromatic N) is 2. The molecular formula is C21H21ClF2N2O. The number of amides is 1. The highest BCUT2D eigenvalue weighted by Gasteiger charge is 2.61. The summed E-state index contributed by atoms with van der Waals surface area (Å²) in [6.07, 6.45) is 0.172. The molecule has 0 bridgehead atoms. The Bertz CT molecular complexity index is 865. The van der Waals surface area contributed by atoms with E-state index >= 15 is 4.39 Å². The number of rotatable bonds is 3. The standard InChI is InChI=1S/C21H21ClF2N2O/c1-14-2-5-16(22)12-19(14)25-8-10-26(11-9-25)20(27)18-13-21(18,24)15-3-6-17(23)7-4-15/h2-7,12,18H,8-11,13H2,1H3. The summed E-state index contributed by atoms with van der Waals surface area (Å²) < 4.78 is 28.1. The van der Waals surface area contributed by atoms with Gasteiger partial charge in [0.25, 0.3) is 0 Å². The Hall–Kier alpha value is -2.14. The van der Waals surface area contributed by atoms with Crippen LogP contribution in [0.2, 0.25) is 5.02 Å². The van der Waals surface area contributed by atoms with Crippen molar-refractivity contribution in [1.29, 1.82) is 0 Å². The summed E-state index contributed by atoms with van der Waals surface area (Å²) in [7, 11) is 0.